The van der Waals surface area contributed by atoms with E-state index in [1.165, 1.54) is 18.5 Å². The molecule has 2 amide bonds. The van der Waals surface area contributed by atoms with Gasteiger partial charge >= 0.3 is 0 Å². The number of anilines is 6. The molecule has 64 heavy (non-hydrogen) atoms. The Balaban J connectivity index is 0.000000223. The van der Waals surface area contributed by atoms with Crippen molar-refractivity contribution in [3.8, 4) is 17.0 Å². The van der Waals surface area contributed by atoms with E-state index in [1.807, 2.05) is 58.5 Å². The van der Waals surface area contributed by atoms with E-state index >= 15 is 4.39 Å². The fraction of sp³-hybridized carbons (Fsp3) is 0.222. The molecular formula is C45H48BrClFN11O5. The average molecular weight is 957 g/mol. The Morgan fingerprint density at radius 1 is 0.969 bits per heavy atom. The van der Waals surface area contributed by atoms with E-state index in [1.54, 1.807) is 43.1 Å². The monoisotopic (exact) mass is 955 g/mol. The zero-order chi connectivity index (χ0) is 46.1. The summed E-state index contributed by atoms with van der Waals surface area (Å²) in [6.45, 7) is 4.83. The van der Waals surface area contributed by atoms with Crippen LogP contribution in [0.5, 0.6) is 5.75 Å². The lowest BCUT2D eigenvalue weighted by molar-refractivity contribution is -0.111. The summed E-state index contributed by atoms with van der Waals surface area (Å²) in [6.07, 6.45) is 6.49. The molecule has 0 saturated carbocycles. The van der Waals surface area contributed by atoms with Crippen molar-refractivity contribution in [1.29, 1.82) is 0 Å². The first-order valence-corrected chi connectivity index (χ1v) is 20.9. The number of hydrogen-bond acceptors (Lipinski definition) is 12. The van der Waals surface area contributed by atoms with Gasteiger partial charge in [-0.15, -0.1) is 0 Å². The van der Waals surface area contributed by atoms with Gasteiger partial charge in [0.2, 0.25) is 11.9 Å². The molecule has 3 aromatic heterocycles. The molecule has 0 aliphatic carbocycles. The molecule has 0 spiro atoms. The van der Waals surface area contributed by atoms with Crippen LogP contribution in [0.15, 0.2) is 103 Å². The number of likely N-dealkylation sites (N-methyl/N-ethyl adjacent to an activating group) is 2. The number of carbonyl (C=O) groups is 2. The number of rotatable bonds is 16. The highest BCUT2D eigenvalue weighted by Crippen LogP contribution is 2.39. The van der Waals surface area contributed by atoms with Gasteiger partial charge in [-0.25, -0.2) is 24.8 Å². The number of aryl methyl sites for hydroxylation is 2. The molecule has 0 bridgehead atoms. The highest BCUT2D eigenvalue weighted by Gasteiger charge is 2.23. The Morgan fingerprint density at radius 3 is 2.47 bits per heavy atom. The highest BCUT2D eigenvalue weighted by atomic mass is 79.9. The largest absolute Gasteiger partial charge is 0.494 e. The molecule has 0 atom stereocenters. The van der Waals surface area contributed by atoms with Gasteiger partial charge < -0.3 is 44.7 Å². The van der Waals surface area contributed by atoms with Crippen LogP contribution < -0.4 is 31.1 Å². The second kappa shape index (κ2) is 21.2. The fourth-order valence-corrected chi connectivity index (χ4v) is 7.33. The van der Waals surface area contributed by atoms with E-state index in [4.69, 9.17) is 31.3 Å². The van der Waals surface area contributed by atoms with Crippen molar-refractivity contribution in [3.05, 3.63) is 119 Å². The zero-order valence-corrected chi connectivity index (χ0v) is 38.4. The number of fused-ring (bicyclic) bond motifs is 2. The Morgan fingerprint density at radius 2 is 1.75 bits per heavy atom. The van der Waals surface area contributed by atoms with Gasteiger partial charge in [0.15, 0.2) is 5.82 Å². The molecule has 0 radical (unpaired) electrons. The Bertz CT molecular complexity index is 2820. The SMILES string of the molecule is C=CC(=O)Nc1cc(Nc2nccc(-c3cn(C)c4ccccc34)n2)c(OC)cc1N(C)CCN(C)C.Cn1cnc2c(F)c(Nc3ccc(Br)cc3Cl)c(C(=O)NOCCO)cc21. The van der Waals surface area contributed by atoms with Gasteiger partial charge in [0.05, 0.1) is 76.9 Å². The number of imidazole rings is 1. The van der Waals surface area contributed by atoms with Gasteiger partial charge in [-0.3, -0.25) is 14.4 Å². The van der Waals surface area contributed by atoms with Gasteiger partial charge in [0.25, 0.3) is 5.91 Å². The third kappa shape index (κ3) is 11.0. The van der Waals surface area contributed by atoms with Crippen LogP contribution >= 0.6 is 27.5 Å². The maximum Gasteiger partial charge on any atom is 0.277 e. The number of aromatic nitrogens is 5. The summed E-state index contributed by atoms with van der Waals surface area (Å²) in [5.74, 6) is -0.658. The molecule has 19 heteroatoms. The van der Waals surface area contributed by atoms with E-state index in [2.05, 4.69) is 86.6 Å². The lowest BCUT2D eigenvalue weighted by Gasteiger charge is -2.26. The number of aliphatic hydroxyl groups excluding tert-OH is 1. The van der Waals surface area contributed by atoms with Crippen molar-refractivity contribution < 1.29 is 28.7 Å². The Kier molecular flexibility index (Phi) is 15.5. The number of halogens is 3. The van der Waals surface area contributed by atoms with Crippen LogP contribution in [-0.4, -0.2) is 100 Å². The first-order valence-electron chi connectivity index (χ1n) is 19.8. The van der Waals surface area contributed by atoms with Gasteiger partial charge in [-0.2, -0.15) is 0 Å². The number of hydrogen-bond donors (Lipinski definition) is 5. The molecule has 0 saturated heterocycles. The molecule has 5 N–H and O–H groups in total. The molecular weight excluding hydrogens is 909 g/mol. The number of amides is 2. The number of benzene rings is 4. The lowest BCUT2D eigenvalue weighted by Crippen LogP contribution is -2.29. The highest BCUT2D eigenvalue weighted by molar-refractivity contribution is 9.10. The smallest absolute Gasteiger partial charge is 0.277 e. The minimum absolute atomic E-state index is 0.000486. The summed E-state index contributed by atoms with van der Waals surface area (Å²) in [5, 5.41) is 19.3. The maximum absolute atomic E-state index is 15.1. The van der Waals surface area contributed by atoms with Crippen molar-refractivity contribution in [2.75, 3.05) is 75.4 Å². The number of carbonyl (C=O) groups excluding carboxylic acids is 2. The number of ether oxygens (including phenoxy) is 1. The van der Waals surface area contributed by atoms with Gasteiger partial charge in [0, 0.05) is 73.6 Å². The lowest BCUT2D eigenvalue weighted by atomic mass is 10.1. The molecule has 0 unspecified atom stereocenters. The van der Waals surface area contributed by atoms with E-state index < -0.39 is 11.7 Å². The summed E-state index contributed by atoms with van der Waals surface area (Å²) in [7, 11) is 11.3. The molecule has 334 valence electrons. The predicted octanol–water partition coefficient (Wildman–Crippen LogP) is 8.04. The molecule has 7 aromatic rings. The molecule has 3 heterocycles. The summed E-state index contributed by atoms with van der Waals surface area (Å²) in [5.41, 5.74) is 8.08. The third-order valence-corrected chi connectivity index (χ3v) is 10.7. The summed E-state index contributed by atoms with van der Waals surface area (Å²) < 4.78 is 25.3. The second-order valence-corrected chi connectivity index (χ2v) is 16.0. The van der Waals surface area contributed by atoms with Gasteiger partial charge in [0.1, 0.15) is 11.3 Å². The minimum Gasteiger partial charge on any atom is -0.494 e. The van der Waals surface area contributed by atoms with E-state index in [9.17, 15) is 9.59 Å². The number of hydroxylamine groups is 1. The maximum atomic E-state index is 15.1. The topological polar surface area (TPSA) is 176 Å². The third-order valence-electron chi connectivity index (χ3n) is 9.88. The number of nitrogens with one attached hydrogen (secondary N) is 4. The molecule has 0 aliphatic rings. The Hall–Kier alpha value is -6.57. The summed E-state index contributed by atoms with van der Waals surface area (Å²) >= 11 is 9.51. The number of methoxy groups -OCH3 is 1. The van der Waals surface area contributed by atoms with Gasteiger partial charge in [-0.1, -0.05) is 52.3 Å². The molecule has 7 rings (SSSR count). The van der Waals surface area contributed by atoms with Crippen molar-refractivity contribution >= 4 is 95.7 Å². The molecule has 16 nitrogen and oxygen atoms in total. The molecule has 4 aromatic carbocycles. The minimum atomic E-state index is -0.695. The predicted molar refractivity (Wildman–Crippen MR) is 254 cm³/mol. The van der Waals surface area contributed by atoms with Crippen molar-refractivity contribution in [2.45, 2.75) is 0 Å². The van der Waals surface area contributed by atoms with Crippen LogP contribution in [-0.2, 0) is 23.7 Å². The second-order valence-electron chi connectivity index (χ2n) is 14.6. The van der Waals surface area contributed by atoms with Crippen LogP contribution in [0.3, 0.4) is 0 Å². The van der Waals surface area contributed by atoms with E-state index in [0.29, 0.717) is 39.3 Å². The first-order chi connectivity index (χ1) is 30.7. The zero-order valence-electron chi connectivity index (χ0n) is 36.0. The van der Waals surface area contributed by atoms with Crippen molar-refractivity contribution in [1.82, 2.24) is 34.5 Å². The number of para-hydroxylation sites is 1. The fourth-order valence-electron chi connectivity index (χ4n) is 6.61. The van der Waals surface area contributed by atoms with Gasteiger partial charge in [-0.05, 0) is 62.6 Å². The van der Waals surface area contributed by atoms with Crippen LogP contribution in [0.25, 0.3) is 33.2 Å². The average Bonchev–Trinajstić information content (AvgIpc) is 3.83. The van der Waals surface area contributed by atoms with E-state index in [-0.39, 0.29) is 35.9 Å². The van der Waals surface area contributed by atoms with Crippen molar-refractivity contribution in [3.63, 3.8) is 0 Å². The standard InChI is InChI=1S/C28H33N7O2.C17H15BrClFN4O3/c1-7-27(36)30-22-16-23(26(37-6)17-25(22)34(4)15-14-33(2)3)32-28-29-13-12-21(31-28)20-18-35(5)24-11-9-8-10-19(20)24;1-24-8-21-16-13(24)7-10(17(26)23-27-5-4-25)15(14(16)20)22-12-3-2-9(18)6-11(12)19/h7-13,16-18H,1,14-15H2,2-6H3,(H,30,36)(H,29,31,32);2-3,6-8,22,25H,4-5H2,1H3,(H,23,26). The van der Waals surface area contributed by atoms with Crippen LogP contribution in [0.2, 0.25) is 5.02 Å². The van der Waals surface area contributed by atoms with E-state index in [0.717, 1.165) is 45.4 Å². The number of nitrogens with zero attached hydrogens (tertiary/aromatic N) is 7. The molecule has 0 fully saturated rings. The van der Waals surface area contributed by atoms with Crippen LogP contribution in [0.4, 0.5) is 38.8 Å². The van der Waals surface area contributed by atoms with Crippen LogP contribution in [0.1, 0.15) is 10.4 Å². The number of aliphatic hydroxyl groups is 1. The summed E-state index contributed by atoms with van der Waals surface area (Å²) in [6, 6.07) is 20.4. The Labute approximate surface area is 382 Å². The normalized spacial score (nSPS) is 11.0. The summed E-state index contributed by atoms with van der Waals surface area (Å²) in [4.78, 5) is 47.0. The first kappa shape index (κ1) is 46.9. The van der Waals surface area contributed by atoms with Crippen molar-refractivity contribution in [2.24, 2.45) is 14.1 Å². The van der Waals surface area contributed by atoms with Crippen LogP contribution in [0, 0.1) is 5.82 Å². The molecule has 0 aliphatic heterocycles. The quantitative estimate of drug-likeness (QED) is 0.0359.